The molecule has 30 heavy (non-hydrogen) atoms. The molecule has 0 radical (unpaired) electrons. The highest BCUT2D eigenvalue weighted by atomic mass is 19.4. The van der Waals surface area contributed by atoms with Crippen molar-refractivity contribution in [1.29, 1.82) is 0 Å². The van der Waals surface area contributed by atoms with Crippen LogP contribution in [0.15, 0.2) is 94.3 Å². The van der Waals surface area contributed by atoms with E-state index in [0.717, 1.165) is 12.1 Å². The number of carbonyl (C=O) groups excluding carboxylic acids is 1. The molecule has 4 rings (SSSR count). The fourth-order valence-electron chi connectivity index (χ4n) is 2.90. The summed E-state index contributed by atoms with van der Waals surface area (Å²) in [5, 5.41) is 3.41. The van der Waals surface area contributed by atoms with Crippen molar-refractivity contribution in [3.63, 3.8) is 0 Å². The molecule has 0 saturated carbocycles. The highest BCUT2D eigenvalue weighted by molar-refractivity contribution is 6.05. The standard InChI is InChI=1S/C23H15F3N2O2/c24-23(25,26)16-8-6-11-18(14-16)28-22-19(13-15-7-4-5-12-20(15)30-22)21(29)27-17-9-2-1-3-10-17/h1-14H,(H,27,29). The summed E-state index contributed by atoms with van der Waals surface area (Å²) in [5.74, 6) is -0.485. The highest BCUT2D eigenvalue weighted by Crippen LogP contribution is 2.31. The van der Waals surface area contributed by atoms with Crippen LogP contribution in [0.4, 0.5) is 24.5 Å². The van der Waals surface area contributed by atoms with E-state index in [-0.39, 0.29) is 16.8 Å². The van der Waals surface area contributed by atoms with Crippen molar-refractivity contribution in [2.24, 2.45) is 4.99 Å². The Morgan fingerprint density at radius 3 is 2.37 bits per heavy atom. The van der Waals surface area contributed by atoms with Gasteiger partial charge in [-0.15, -0.1) is 0 Å². The number of rotatable bonds is 3. The fourth-order valence-corrected chi connectivity index (χ4v) is 2.90. The van der Waals surface area contributed by atoms with Gasteiger partial charge in [0.05, 0.1) is 11.3 Å². The maximum atomic E-state index is 13.0. The molecule has 4 aromatic rings. The number of anilines is 1. The Morgan fingerprint density at radius 1 is 0.867 bits per heavy atom. The number of fused-ring (bicyclic) bond motifs is 1. The maximum Gasteiger partial charge on any atom is 0.416 e. The summed E-state index contributed by atoms with van der Waals surface area (Å²) < 4.78 is 44.9. The van der Waals surface area contributed by atoms with Crippen molar-refractivity contribution >= 4 is 28.3 Å². The van der Waals surface area contributed by atoms with Gasteiger partial charge in [-0.25, -0.2) is 4.99 Å². The zero-order valence-electron chi connectivity index (χ0n) is 15.5. The van der Waals surface area contributed by atoms with E-state index in [0.29, 0.717) is 16.7 Å². The summed E-state index contributed by atoms with van der Waals surface area (Å²) in [6.45, 7) is 0. The summed E-state index contributed by atoms with van der Waals surface area (Å²) in [5.41, 5.74) is 0.244. The van der Waals surface area contributed by atoms with Crippen molar-refractivity contribution < 1.29 is 22.4 Å². The molecule has 7 heteroatoms. The second kappa shape index (κ2) is 7.87. The first-order valence-electron chi connectivity index (χ1n) is 9.01. The van der Waals surface area contributed by atoms with Crippen molar-refractivity contribution in [3.8, 4) is 0 Å². The largest absolute Gasteiger partial charge is 0.438 e. The van der Waals surface area contributed by atoms with Crippen LogP contribution in [-0.2, 0) is 6.18 Å². The number of hydrogen-bond donors (Lipinski definition) is 1. The van der Waals surface area contributed by atoms with E-state index >= 15 is 0 Å². The molecule has 0 aliphatic rings. The topological polar surface area (TPSA) is 54.6 Å². The molecule has 1 amide bonds. The zero-order chi connectivity index (χ0) is 21.1. The molecule has 0 bridgehead atoms. The third-order valence-electron chi connectivity index (χ3n) is 4.34. The molecule has 0 spiro atoms. The molecular formula is C23H15F3N2O2. The quantitative estimate of drug-likeness (QED) is 0.456. The van der Waals surface area contributed by atoms with Crippen molar-refractivity contribution in [2.45, 2.75) is 6.18 Å². The van der Waals surface area contributed by atoms with Crippen LogP contribution in [0.2, 0.25) is 0 Å². The van der Waals surface area contributed by atoms with Crippen LogP contribution in [0.25, 0.3) is 11.0 Å². The van der Waals surface area contributed by atoms with E-state index in [2.05, 4.69) is 10.3 Å². The Balaban J connectivity index is 1.85. The molecule has 150 valence electrons. The second-order valence-corrected chi connectivity index (χ2v) is 6.48. The number of hydrogen-bond acceptors (Lipinski definition) is 3. The average Bonchev–Trinajstić information content (AvgIpc) is 2.73. The van der Waals surface area contributed by atoms with Crippen LogP contribution < -0.4 is 10.9 Å². The highest BCUT2D eigenvalue weighted by Gasteiger charge is 2.30. The molecule has 1 heterocycles. The van der Waals surface area contributed by atoms with E-state index in [1.54, 1.807) is 54.6 Å². The monoisotopic (exact) mass is 408 g/mol. The number of nitrogens with one attached hydrogen (secondary N) is 1. The molecule has 0 atom stereocenters. The smallest absolute Gasteiger partial charge is 0.416 e. The number of alkyl halides is 3. The predicted octanol–water partition coefficient (Wildman–Crippen LogP) is 5.94. The summed E-state index contributed by atoms with van der Waals surface area (Å²) in [7, 11) is 0. The SMILES string of the molecule is O=C(Nc1ccccc1)c1cc2ccccc2oc1=Nc1cccc(C(F)(F)F)c1. The first-order chi connectivity index (χ1) is 14.4. The molecule has 0 fully saturated rings. The summed E-state index contributed by atoms with van der Waals surface area (Å²) in [4.78, 5) is 17.1. The molecule has 0 aliphatic heterocycles. The lowest BCUT2D eigenvalue weighted by molar-refractivity contribution is -0.137. The lowest BCUT2D eigenvalue weighted by atomic mass is 10.1. The van der Waals surface area contributed by atoms with Gasteiger partial charge in [0.15, 0.2) is 0 Å². The van der Waals surface area contributed by atoms with Gasteiger partial charge in [0.25, 0.3) is 5.91 Å². The number of nitrogens with zero attached hydrogens (tertiary/aromatic N) is 1. The number of amides is 1. The molecular weight excluding hydrogens is 393 g/mol. The fraction of sp³-hybridized carbons (Fsp3) is 0.0435. The van der Waals surface area contributed by atoms with Crippen molar-refractivity contribution in [2.75, 3.05) is 5.32 Å². The average molecular weight is 408 g/mol. The normalized spacial score (nSPS) is 12.2. The minimum Gasteiger partial charge on any atom is -0.438 e. The molecule has 0 aliphatic carbocycles. The summed E-state index contributed by atoms with van der Waals surface area (Å²) >= 11 is 0. The molecule has 3 aromatic carbocycles. The Labute approximate surface area is 169 Å². The number of para-hydroxylation sites is 2. The van der Waals surface area contributed by atoms with Crippen LogP contribution >= 0.6 is 0 Å². The van der Waals surface area contributed by atoms with Crippen LogP contribution in [0.3, 0.4) is 0 Å². The second-order valence-electron chi connectivity index (χ2n) is 6.48. The third kappa shape index (κ3) is 4.25. The molecule has 1 N–H and O–H groups in total. The first-order valence-corrected chi connectivity index (χ1v) is 9.01. The van der Waals surface area contributed by atoms with Gasteiger partial charge in [0, 0.05) is 11.1 Å². The minimum atomic E-state index is -4.50. The summed E-state index contributed by atoms with van der Waals surface area (Å²) in [6, 6.07) is 21.9. The zero-order valence-corrected chi connectivity index (χ0v) is 15.5. The van der Waals surface area contributed by atoms with Gasteiger partial charge in [-0.3, -0.25) is 4.79 Å². The minimum absolute atomic E-state index is 0.0256. The Hall–Kier alpha value is -3.87. The third-order valence-corrected chi connectivity index (χ3v) is 4.34. The Morgan fingerprint density at radius 2 is 1.60 bits per heavy atom. The lowest BCUT2D eigenvalue weighted by Crippen LogP contribution is -2.21. The number of halogens is 3. The van der Waals surface area contributed by atoms with Crippen LogP contribution in [0.5, 0.6) is 0 Å². The summed E-state index contributed by atoms with van der Waals surface area (Å²) in [6.07, 6.45) is -4.50. The van der Waals surface area contributed by atoms with Gasteiger partial charge in [0.1, 0.15) is 11.1 Å². The number of benzene rings is 3. The van der Waals surface area contributed by atoms with Gasteiger partial charge >= 0.3 is 6.18 Å². The van der Waals surface area contributed by atoms with E-state index in [9.17, 15) is 18.0 Å². The van der Waals surface area contributed by atoms with E-state index in [4.69, 9.17) is 4.42 Å². The van der Waals surface area contributed by atoms with Gasteiger partial charge in [-0.05, 0) is 42.5 Å². The van der Waals surface area contributed by atoms with Crippen LogP contribution in [0, 0.1) is 0 Å². The first kappa shape index (κ1) is 19.4. The maximum absolute atomic E-state index is 13.0. The van der Waals surface area contributed by atoms with Crippen LogP contribution in [0.1, 0.15) is 15.9 Å². The van der Waals surface area contributed by atoms with E-state index in [1.807, 2.05) is 6.07 Å². The molecule has 0 saturated heterocycles. The van der Waals surface area contributed by atoms with Gasteiger partial charge in [-0.2, -0.15) is 13.2 Å². The Kier molecular flexibility index (Phi) is 5.10. The molecule has 4 nitrogen and oxygen atoms in total. The Bertz CT molecular complexity index is 1280. The van der Waals surface area contributed by atoms with E-state index < -0.39 is 17.6 Å². The van der Waals surface area contributed by atoms with Crippen molar-refractivity contribution in [1.82, 2.24) is 0 Å². The van der Waals surface area contributed by atoms with Gasteiger partial charge in [-0.1, -0.05) is 42.5 Å². The molecule has 1 aromatic heterocycles. The van der Waals surface area contributed by atoms with Gasteiger partial charge < -0.3 is 9.73 Å². The van der Waals surface area contributed by atoms with Gasteiger partial charge in [0.2, 0.25) is 5.55 Å². The van der Waals surface area contributed by atoms with E-state index in [1.165, 1.54) is 12.1 Å². The lowest BCUT2D eigenvalue weighted by Gasteiger charge is -2.08. The molecule has 0 unspecified atom stereocenters. The number of carbonyl (C=O) groups is 1. The van der Waals surface area contributed by atoms with Crippen LogP contribution in [-0.4, -0.2) is 5.91 Å². The predicted molar refractivity (Wildman–Crippen MR) is 107 cm³/mol. The van der Waals surface area contributed by atoms with Crippen molar-refractivity contribution in [3.05, 3.63) is 102 Å².